The molecule has 42 valence electrons. The molecule has 0 aliphatic rings. The third kappa shape index (κ3) is 727. The molecular formula is C2H5O3Pt-. The summed E-state index contributed by atoms with van der Waals surface area (Å²) in [6.45, 7) is 2.56. The van der Waals surface area contributed by atoms with Crippen molar-refractivity contribution in [3.05, 3.63) is 6.61 Å². The third-order valence-corrected chi connectivity index (χ3v) is 0. The molecule has 0 atom stereocenters. The molecule has 0 aromatic carbocycles. The van der Waals surface area contributed by atoms with Gasteiger partial charge < -0.3 is 5.11 Å². The Morgan fingerprint density at radius 2 is 1.67 bits per heavy atom. The first-order valence-corrected chi connectivity index (χ1v) is 2.95. The first-order valence-electron chi connectivity index (χ1n) is 1.09. The van der Waals surface area contributed by atoms with Gasteiger partial charge in [-0.15, -0.1) is 0 Å². The molecule has 0 rings (SSSR count). The van der Waals surface area contributed by atoms with E-state index < -0.39 is 18.5 Å². The molecule has 0 aliphatic heterocycles. The van der Waals surface area contributed by atoms with Gasteiger partial charge in [0.1, 0.15) is 0 Å². The predicted molar refractivity (Wildman–Crippen MR) is 13.3 cm³/mol. The maximum absolute atomic E-state index is 8.49. The second-order valence-corrected chi connectivity index (χ2v) is 0.690. The zero-order valence-electron chi connectivity index (χ0n) is 3.16. The van der Waals surface area contributed by atoms with E-state index in [-0.39, 0.29) is 0 Å². The summed E-state index contributed by atoms with van der Waals surface area (Å²) in [5.74, 6) is 0. The Bertz CT molecular complexity index is 38.1. The number of aliphatic hydroxyl groups is 1. The summed E-state index contributed by atoms with van der Waals surface area (Å²) in [7, 11) is 0. The molecule has 0 fully saturated rings. The molecule has 0 spiro atoms. The van der Waals surface area contributed by atoms with Gasteiger partial charge in [0, 0.05) is 0 Å². The van der Waals surface area contributed by atoms with Crippen LogP contribution < -0.4 is 0 Å². The van der Waals surface area contributed by atoms with Gasteiger partial charge in [-0.3, -0.25) is 0 Å². The van der Waals surface area contributed by atoms with E-state index in [0.717, 1.165) is 6.61 Å². The van der Waals surface area contributed by atoms with Crippen LogP contribution in [-0.4, -0.2) is 5.11 Å². The van der Waals surface area contributed by atoms with Gasteiger partial charge in [-0.1, -0.05) is 0 Å². The van der Waals surface area contributed by atoms with Crippen molar-refractivity contribution in [2.75, 3.05) is 0 Å². The van der Waals surface area contributed by atoms with Crippen LogP contribution in [0.15, 0.2) is 0 Å². The van der Waals surface area contributed by atoms with E-state index >= 15 is 0 Å². The Morgan fingerprint density at radius 3 is 1.67 bits per heavy atom. The van der Waals surface area contributed by atoms with Crippen LogP contribution >= 0.6 is 0 Å². The Hall–Kier alpha value is 0.248. The molecule has 0 heterocycles. The molecule has 0 amide bonds. The molecule has 0 unspecified atom stereocenters. The van der Waals surface area contributed by atoms with E-state index in [4.69, 9.17) is 11.9 Å². The molecule has 0 aromatic heterocycles. The van der Waals surface area contributed by atoms with E-state index in [1.807, 2.05) is 0 Å². The fourth-order valence-electron chi connectivity index (χ4n) is 0. The zero-order chi connectivity index (χ0) is 5.41. The van der Waals surface area contributed by atoms with Crippen LogP contribution in [0.2, 0.25) is 0 Å². The van der Waals surface area contributed by atoms with Gasteiger partial charge in [0.15, 0.2) is 0 Å². The summed E-state index contributed by atoms with van der Waals surface area (Å²) in [4.78, 5) is 0. The standard InChI is InChI=1S/C2H5O.2O.Pt/c1-2-3;;;/h2-3H,1H3;;;/q-1;;;. The van der Waals surface area contributed by atoms with Gasteiger partial charge >= 0.3 is 25.3 Å². The van der Waals surface area contributed by atoms with Gasteiger partial charge in [-0.05, 0) is 0 Å². The molecule has 3 nitrogen and oxygen atoms in total. The average Bonchev–Trinajstić information content (AvgIpc) is 1.39. The molecule has 0 saturated carbocycles. The SMILES string of the molecule is C[CH-]O.[O]=[Pt]=[O]. The number of hydrogen-bond acceptors (Lipinski definition) is 3. The van der Waals surface area contributed by atoms with E-state index in [0.29, 0.717) is 0 Å². The van der Waals surface area contributed by atoms with Crippen LogP contribution in [0.1, 0.15) is 6.92 Å². The quantitative estimate of drug-likeness (QED) is 0.645. The summed E-state index contributed by atoms with van der Waals surface area (Å²) in [5.41, 5.74) is 0. The minimum absolute atomic E-state index is 1.00. The minimum atomic E-state index is -1.92. The fraction of sp³-hybridized carbons (Fsp3) is 0.500. The average molecular weight is 272 g/mol. The van der Waals surface area contributed by atoms with Gasteiger partial charge in [0.05, 0.1) is 0 Å². The molecule has 0 aromatic rings. The van der Waals surface area contributed by atoms with Crippen LogP contribution in [0, 0.1) is 6.61 Å². The molecule has 0 saturated heterocycles. The van der Waals surface area contributed by atoms with Crippen molar-refractivity contribution in [3.8, 4) is 0 Å². The summed E-state index contributed by atoms with van der Waals surface area (Å²) in [5, 5.41) is 7.44. The molecule has 0 bridgehead atoms. The van der Waals surface area contributed by atoms with Crippen molar-refractivity contribution in [1.29, 1.82) is 0 Å². The monoisotopic (exact) mass is 272 g/mol. The van der Waals surface area contributed by atoms with E-state index in [1.54, 1.807) is 6.92 Å². The van der Waals surface area contributed by atoms with E-state index in [9.17, 15) is 0 Å². The van der Waals surface area contributed by atoms with Crippen molar-refractivity contribution in [3.63, 3.8) is 0 Å². The van der Waals surface area contributed by atoms with Gasteiger partial charge in [0.25, 0.3) is 0 Å². The summed E-state index contributed by atoms with van der Waals surface area (Å²) in [6, 6.07) is 0. The van der Waals surface area contributed by atoms with Crippen LogP contribution in [0.5, 0.6) is 0 Å². The maximum atomic E-state index is 8.49. The summed E-state index contributed by atoms with van der Waals surface area (Å²) >= 11 is -1.92. The first kappa shape index (κ1) is 9.54. The molecular weight excluding hydrogens is 267 g/mol. The fourth-order valence-corrected chi connectivity index (χ4v) is 0. The Kier molecular flexibility index (Phi) is 29.8. The van der Waals surface area contributed by atoms with E-state index in [2.05, 4.69) is 0 Å². The number of rotatable bonds is 0. The van der Waals surface area contributed by atoms with Crippen molar-refractivity contribution in [2.45, 2.75) is 6.92 Å². The van der Waals surface area contributed by atoms with Gasteiger partial charge in [-0.25, -0.2) is 6.61 Å². The van der Waals surface area contributed by atoms with Gasteiger partial charge in [0.2, 0.25) is 0 Å². The second-order valence-electron chi connectivity index (χ2n) is 0.311. The third-order valence-electron chi connectivity index (χ3n) is 0. The molecule has 0 radical (unpaired) electrons. The predicted octanol–water partition coefficient (Wildman–Crippen LogP) is 0.300. The molecule has 0 aliphatic carbocycles. The Labute approximate surface area is 44.5 Å². The van der Waals surface area contributed by atoms with Crippen LogP contribution in [0.3, 0.4) is 0 Å². The van der Waals surface area contributed by atoms with Crippen LogP contribution in [0.4, 0.5) is 0 Å². The first-order chi connectivity index (χ1) is 2.83. The second kappa shape index (κ2) is 18.7. The van der Waals surface area contributed by atoms with E-state index in [1.165, 1.54) is 0 Å². The van der Waals surface area contributed by atoms with Crippen LogP contribution in [0.25, 0.3) is 0 Å². The Morgan fingerprint density at radius 1 is 1.67 bits per heavy atom. The van der Waals surface area contributed by atoms with Crippen molar-refractivity contribution in [2.24, 2.45) is 0 Å². The zero-order valence-corrected chi connectivity index (χ0v) is 5.43. The molecule has 6 heavy (non-hydrogen) atoms. The van der Waals surface area contributed by atoms with Crippen molar-refractivity contribution >= 4 is 0 Å². The van der Waals surface area contributed by atoms with Crippen LogP contribution in [-0.2, 0) is 25.3 Å². The van der Waals surface area contributed by atoms with Gasteiger partial charge in [-0.2, -0.15) is 6.92 Å². The number of aliphatic hydroxyl groups excluding tert-OH is 1. The summed E-state index contributed by atoms with van der Waals surface area (Å²) < 4.78 is 17.0. The van der Waals surface area contributed by atoms with Crippen molar-refractivity contribution < 1.29 is 30.4 Å². The normalized spacial score (nSPS) is 6.33. The molecule has 4 heteroatoms. The molecule has 1 N–H and O–H groups in total. The summed E-state index contributed by atoms with van der Waals surface area (Å²) in [6.07, 6.45) is 0. The van der Waals surface area contributed by atoms with Crippen molar-refractivity contribution in [1.82, 2.24) is 0 Å². The number of hydrogen-bond donors (Lipinski definition) is 1. The topological polar surface area (TPSA) is 54.4 Å². The Balaban J connectivity index is 0.